The Morgan fingerprint density at radius 2 is 2.07 bits per heavy atom. The molecule has 0 spiro atoms. The molecule has 0 saturated heterocycles. The molecule has 0 atom stereocenters. The van der Waals surface area contributed by atoms with Crippen molar-refractivity contribution in [2.45, 2.75) is 6.61 Å². The van der Waals surface area contributed by atoms with Crippen LogP contribution in [0, 0.1) is 0 Å². The van der Waals surface area contributed by atoms with E-state index in [4.69, 9.17) is 14.0 Å². The molecule has 0 aliphatic heterocycles. The number of hydrogen-bond acceptors (Lipinski definition) is 10. The van der Waals surface area contributed by atoms with Crippen molar-refractivity contribution in [2.75, 3.05) is 26.1 Å². The van der Waals surface area contributed by atoms with Crippen molar-refractivity contribution >= 4 is 43.3 Å². The van der Waals surface area contributed by atoms with E-state index >= 15 is 0 Å². The Morgan fingerprint density at radius 1 is 1.21 bits per heavy atom. The number of carbonyl (C=O) groups excluding carboxylic acids is 1. The number of rotatable bonds is 6. The van der Waals surface area contributed by atoms with Crippen molar-refractivity contribution in [1.29, 1.82) is 0 Å². The molecule has 4 rings (SSSR count). The number of hydrogen-bond donors (Lipinski definition) is 0. The molecule has 3 aromatic heterocycles. The van der Waals surface area contributed by atoms with E-state index in [0.29, 0.717) is 16.5 Å². The first-order valence-electron chi connectivity index (χ1n) is 8.25. The van der Waals surface area contributed by atoms with Gasteiger partial charge in [-0.1, -0.05) is 28.6 Å². The van der Waals surface area contributed by atoms with Gasteiger partial charge in [0.15, 0.2) is 11.7 Å². The van der Waals surface area contributed by atoms with Crippen LogP contribution in [0.4, 0.5) is 5.13 Å². The normalized spacial score (nSPS) is 11.0. The van der Waals surface area contributed by atoms with Crippen LogP contribution in [0.3, 0.4) is 0 Å². The average Bonchev–Trinajstić information content (AvgIpc) is 3.40. The molecule has 0 aliphatic rings. The Balaban J connectivity index is 1.42. The number of carbonyl (C=O) groups is 1. The summed E-state index contributed by atoms with van der Waals surface area (Å²) in [5, 5.41) is 4.82. The van der Waals surface area contributed by atoms with Crippen LogP contribution in [-0.2, 0) is 11.3 Å². The molecule has 4 aromatic rings. The lowest BCUT2D eigenvalue weighted by atomic mass is 10.2. The van der Waals surface area contributed by atoms with Gasteiger partial charge in [-0.2, -0.15) is 4.98 Å². The van der Waals surface area contributed by atoms with Crippen LogP contribution in [0.1, 0.15) is 15.6 Å². The lowest BCUT2D eigenvalue weighted by Gasteiger charge is -2.04. The molecular formula is C18H16N4O4S2. The molecule has 0 fully saturated rings. The van der Waals surface area contributed by atoms with Crippen molar-refractivity contribution in [3.63, 3.8) is 0 Å². The van der Waals surface area contributed by atoms with E-state index in [1.165, 1.54) is 22.7 Å². The van der Waals surface area contributed by atoms with E-state index in [2.05, 4.69) is 15.1 Å². The van der Waals surface area contributed by atoms with Crippen molar-refractivity contribution in [2.24, 2.45) is 0 Å². The Kier molecular flexibility index (Phi) is 4.97. The van der Waals surface area contributed by atoms with Crippen LogP contribution in [0.15, 0.2) is 34.9 Å². The second-order valence-electron chi connectivity index (χ2n) is 5.99. The summed E-state index contributed by atoms with van der Waals surface area (Å²) < 4.78 is 16.6. The molecule has 0 radical (unpaired) electrons. The third-order valence-corrected chi connectivity index (χ3v) is 6.09. The highest BCUT2D eigenvalue weighted by Crippen LogP contribution is 2.34. The van der Waals surface area contributed by atoms with Crippen molar-refractivity contribution in [3.8, 4) is 17.1 Å². The van der Waals surface area contributed by atoms with Crippen LogP contribution in [0.25, 0.3) is 20.9 Å². The van der Waals surface area contributed by atoms with E-state index < -0.39 is 5.97 Å². The largest absolute Gasteiger partial charge is 0.497 e. The molecule has 3 heterocycles. The van der Waals surface area contributed by atoms with E-state index in [1.807, 2.05) is 37.2 Å². The highest BCUT2D eigenvalue weighted by molar-refractivity contribution is 7.29. The molecule has 144 valence electrons. The summed E-state index contributed by atoms with van der Waals surface area (Å²) in [6.07, 6.45) is 0. The van der Waals surface area contributed by atoms with Gasteiger partial charge in [-0.05, 0) is 18.2 Å². The predicted octanol–water partition coefficient (Wildman–Crippen LogP) is 3.84. The summed E-state index contributed by atoms with van der Waals surface area (Å²) in [4.78, 5) is 24.3. The van der Waals surface area contributed by atoms with Crippen molar-refractivity contribution in [3.05, 3.63) is 41.1 Å². The van der Waals surface area contributed by atoms with E-state index in [-0.39, 0.29) is 12.5 Å². The van der Waals surface area contributed by atoms with Gasteiger partial charge >= 0.3 is 5.97 Å². The standard InChI is InChI=1S/C18H16N4O4S2/c1-22(2)18-20-16-12(28-18)8-13(27-16)17(23)25-9-14-19-15(21-26-14)10-5-4-6-11(7-10)24-3/h4-8H,9H2,1-3H3. The van der Waals surface area contributed by atoms with E-state index in [9.17, 15) is 4.79 Å². The maximum Gasteiger partial charge on any atom is 0.348 e. The van der Waals surface area contributed by atoms with E-state index in [1.54, 1.807) is 19.2 Å². The third-order valence-electron chi connectivity index (χ3n) is 3.78. The van der Waals surface area contributed by atoms with Gasteiger partial charge in [-0.25, -0.2) is 9.78 Å². The van der Waals surface area contributed by atoms with E-state index in [0.717, 1.165) is 20.2 Å². The van der Waals surface area contributed by atoms with Crippen LogP contribution < -0.4 is 9.64 Å². The summed E-state index contributed by atoms with van der Waals surface area (Å²) in [5.74, 6) is 0.876. The Labute approximate surface area is 168 Å². The molecule has 1 aromatic carbocycles. The number of esters is 1. The number of aromatic nitrogens is 3. The zero-order valence-electron chi connectivity index (χ0n) is 15.3. The minimum atomic E-state index is -0.442. The third kappa shape index (κ3) is 3.69. The average molecular weight is 416 g/mol. The number of thiazole rings is 1. The van der Waals surface area contributed by atoms with Gasteiger partial charge in [0.05, 0.1) is 11.8 Å². The number of benzene rings is 1. The number of thiophene rings is 1. The lowest BCUT2D eigenvalue weighted by molar-refractivity contribution is 0.0435. The number of ether oxygens (including phenoxy) is 2. The van der Waals surface area contributed by atoms with Gasteiger partial charge < -0.3 is 18.9 Å². The minimum Gasteiger partial charge on any atom is -0.497 e. The Bertz CT molecular complexity index is 1100. The van der Waals surface area contributed by atoms with Gasteiger partial charge in [-0.3, -0.25) is 0 Å². The summed E-state index contributed by atoms with van der Waals surface area (Å²) in [6.45, 7) is -0.0995. The fourth-order valence-corrected chi connectivity index (χ4v) is 4.43. The summed E-state index contributed by atoms with van der Waals surface area (Å²) in [5.41, 5.74) is 0.752. The number of methoxy groups -OCH3 is 1. The molecule has 0 unspecified atom stereocenters. The first kappa shape index (κ1) is 18.4. The highest BCUT2D eigenvalue weighted by Gasteiger charge is 2.17. The number of anilines is 1. The molecule has 0 N–H and O–H groups in total. The van der Waals surface area contributed by atoms with Gasteiger partial charge in [0.25, 0.3) is 5.89 Å². The molecular weight excluding hydrogens is 400 g/mol. The first-order valence-corrected chi connectivity index (χ1v) is 9.88. The Morgan fingerprint density at radius 3 is 2.82 bits per heavy atom. The fraction of sp³-hybridized carbons (Fsp3) is 0.222. The van der Waals surface area contributed by atoms with Crippen LogP contribution in [0.2, 0.25) is 0 Å². The summed E-state index contributed by atoms with van der Waals surface area (Å²) in [7, 11) is 5.45. The van der Waals surface area contributed by atoms with Crippen molar-refractivity contribution in [1.82, 2.24) is 15.1 Å². The molecule has 0 saturated carbocycles. The van der Waals surface area contributed by atoms with Gasteiger partial charge in [0, 0.05) is 19.7 Å². The summed E-state index contributed by atoms with van der Waals surface area (Å²) in [6, 6.07) is 9.10. The van der Waals surface area contributed by atoms with Crippen molar-refractivity contribution < 1.29 is 18.8 Å². The smallest absolute Gasteiger partial charge is 0.348 e. The fourth-order valence-electron chi connectivity index (χ4n) is 2.41. The number of fused-ring (bicyclic) bond motifs is 1. The molecule has 28 heavy (non-hydrogen) atoms. The Hall–Kier alpha value is -2.98. The molecule has 10 heteroatoms. The topological polar surface area (TPSA) is 90.6 Å². The monoisotopic (exact) mass is 416 g/mol. The quantitative estimate of drug-likeness (QED) is 0.438. The second-order valence-corrected chi connectivity index (χ2v) is 8.03. The first-order chi connectivity index (χ1) is 13.5. The van der Waals surface area contributed by atoms with Gasteiger partial charge in [-0.15, -0.1) is 11.3 Å². The van der Waals surface area contributed by atoms with Crippen LogP contribution in [0.5, 0.6) is 5.75 Å². The van der Waals surface area contributed by atoms with Gasteiger partial charge in [0.2, 0.25) is 5.82 Å². The lowest BCUT2D eigenvalue weighted by Crippen LogP contribution is -2.07. The molecule has 8 nitrogen and oxygen atoms in total. The SMILES string of the molecule is COc1cccc(-c2noc(COC(=O)c3cc4sc(N(C)C)nc4s3)n2)c1. The zero-order chi connectivity index (χ0) is 19.7. The maximum absolute atomic E-state index is 12.3. The van der Waals surface area contributed by atoms with Gasteiger partial charge in [0.1, 0.15) is 15.5 Å². The molecule has 0 aliphatic carbocycles. The van der Waals surface area contributed by atoms with Crippen LogP contribution >= 0.6 is 22.7 Å². The van der Waals surface area contributed by atoms with Crippen LogP contribution in [-0.4, -0.2) is 42.3 Å². The molecule has 0 amide bonds. The highest BCUT2D eigenvalue weighted by atomic mass is 32.1. The molecule has 0 bridgehead atoms. The zero-order valence-corrected chi connectivity index (χ0v) is 17.0. The predicted molar refractivity (Wildman–Crippen MR) is 107 cm³/mol. The minimum absolute atomic E-state index is 0.0995. The maximum atomic E-state index is 12.3. The second kappa shape index (κ2) is 7.56. The number of nitrogens with zero attached hydrogens (tertiary/aromatic N) is 4. The summed E-state index contributed by atoms with van der Waals surface area (Å²) >= 11 is 2.83.